The summed E-state index contributed by atoms with van der Waals surface area (Å²) in [5, 5.41) is 13.4. The first-order valence-corrected chi connectivity index (χ1v) is 6.40. The van der Waals surface area contributed by atoms with E-state index >= 15 is 0 Å². The van der Waals surface area contributed by atoms with Crippen molar-refractivity contribution in [2.45, 2.75) is 25.7 Å². The van der Waals surface area contributed by atoms with E-state index in [9.17, 15) is 23.7 Å². The van der Waals surface area contributed by atoms with Crippen molar-refractivity contribution in [2.75, 3.05) is 19.0 Å². The molecule has 0 aliphatic rings. The van der Waals surface area contributed by atoms with Gasteiger partial charge in [0.05, 0.1) is 12.0 Å². The first kappa shape index (κ1) is 16.8. The zero-order valence-corrected chi connectivity index (χ0v) is 11.5. The Morgan fingerprint density at radius 2 is 2.05 bits per heavy atom. The Balaban J connectivity index is 2.48. The number of nitrogens with zero attached hydrogens (tertiary/aromatic N) is 1. The number of carbonyl (C=O) groups is 1. The van der Waals surface area contributed by atoms with Gasteiger partial charge in [0, 0.05) is 25.1 Å². The third-order valence-corrected chi connectivity index (χ3v) is 2.81. The molecule has 0 heterocycles. The highest BCUT2D eigenvalue weighted by Crippen LogP contribution is 2.28. The number of hydrogen-bond donors (Lipinski definition) is 1. The Morgan fingerprint density at radius 3 is 2.67 bits per heavy atom. The molecule has 0 saturated heterocycles. The van der Waals surface area contributed by atoms with Gasteiger partial charge in [0.1, 0.15) is 11.5 Å². The van der Waals surface area contributed by atoms with E-state index in [1.54, 1.807) is 0 Å². The zero-order chi connectivity index (χ0) is 15.8. The van der Waals surface area contributed by atoms with Crippen molar-refractivity contribution in [3.63, 3.8) is 0 Å². The van der Waals surface area contributed by atoms with Gasteiger partial charge in [-0.25, -0.2) is 4.39 Å². The van der Waals surface area contributed by atoms with Gasteiger partial charge in [-0.2, -0.15) is 4.39 Å². The number of methoxy groups -OCH3 is 1. The Labute approximate surface area is 120 Å². The first-order valence-electron chi connectivity index (χ1n) is 6.40. The monoisotopic (exact) mass is 302 g/mol. The highest BCUT2D eigenvalue weighted by atomic mass is 19.1. The quantitative estimate of drug-likeness (QED) is 0.345. The van der Waals surface area contributed by atoms with Crippen LogP contribution in [0.1, 0.15) is 25.7 Å². The molecule has 8 heteroatoms. The van der Waals surface area contributed by atoms with E-state index in [-0.39, 0.29) is 11.7 Å². The molecule has 116 valence electrons. The van der Waals surface area contributed by atoms with Gasteiger partial charge in [0.25, 0.3) is 0 Å². The summed E-state index contributed by atoms with van der Waals surface area (Å²) >= 11 is 0. The van der Waals surface area contributed by atoms with Crippen molar-refractivity contribution < 1.29 is 23.2 Å². The number of esters is 1. The maximum atomic E-state index is 13.3. The number of nitro groups is 1. The van der Waals surface area contributed by atoms with Gasteiger partial charge >= 0.3 is 11.7 Å². The van der Waals surface area contributed by atoms with E-state index in [1.807, 2.05) is 0 Å². The van der Waals surface area contributed by atoms with Gasteiger partial charge in [-0.15, -0.1) is 0 Å². The van der Waals surface area contributed by atoms with Crippen LogP contribution < -0.4 is 5.32 Å². The molecule has 0 atom stereocenters. The highest BCUT2D eigenvalue weighted by molar-refractivity contribution is 5.69. The minimum absolute atomic E-state index is 0.189. The van der Waals surface area contributed by atoms with Crippen molar-refractivity contribution in [1.29, 1.82) is 0 Å². The van der Waals surface area contributed by atoms with Crippen LogP contribution in [0.5, 0.6) is 0 Å². The molecule has 1 aromatic carbocycles. The Hall–Kier alpha value is -2.25. The van der Waals surface area contributed by atoms with Gasteiger partial charge in [-0.05, 0) is 12.8 Å². The molecule has 0 aromatic heterocycles. The summed E-state index contributed by atoms with van der Waals surface area (Å²) in [6, 6.07) is 1.36. The molecule has 0 saturated carbocycles. The fraction of sp³-hybridized carbons (Fsp3) is 0.462. The van der Waals surface area contributed by atoms with Gasteiger partial charge in [-0.1, -0.05) is 6.42 Å². The molecule has 1 aromatic rings. The molecule has 0 unspecified atom stereocenters. The number of halogens is 2. The van der Waals surface area contributed by atoms with Crippen LogP contribution in [0.3, 0.4) is 0 Å². The van der Waals surface area contributed by atoms with Crippen LogP contribution in [0.4, 0.5) is 20.2 Å². The second-order valence-corrected chi connectivity index (χ2v) is 4.35. The minimum Gasteiger partial charge on any atom is -0.469 e. The Morgan fingerprint density at radius 1 is 1.33 bits per heavy atom. The molecule has 1 rings (SSSR count). The SMILES string of the molecule is COC(=O)CCCCCNc1cc(F)cc(F)c1[N+](=O)[O-]. The third kappa shape index (κ3) is 5.33. The molecular weight excluding hydrogens is 286 g/mol. The van der Waals surface area contributed by atoms with Gasteiger partial charge in [0.2, 0.25) is 5.82 Å². The molecule has 0 radical (unpaired) electrons. The number of rotatable bonds is 8. The van der Waals surface area contributed by atoms with Crippen LogP contribution >= 0.6 is 0 Å². The summed E-state index contributed by atoms with van der Waals surface area (Å²) < 4.78 is 30.9. The number of ether oxygens (including phenoxy) is 1. The topological polar surface area (TPSA) is 81.5 Å². The van der Waals surface area contributed by atoms with Crippen molar-refractivity contribution >= 4 is 17.3 Å². The van der Waals surface area contributed by atoms with Crippen molar-refractivity contribution in [3.8, 4) is 0 Å². The number of benzene rings is 1. The lowest BCUT2D eigenvalue weighted by molar-refractivity contribution is -0.386. The standard InChI is InChI=1S/C13H16F2N2O4/c1-21-12(18)5-3-2-4-6-16-11-8-9(14)7-10(15)13(11)17(19)20/h7-8,16H,2-6H2,1H3. The number of carbonyl (C=O) groups excluding carboxylic acids is 1. The average molecular weight is 302 g/mol. The summed E-state index contributed by atoms with van der Waals surface area (Å²) in [7, 11) is 1.31. The van der Waals surface area contributed by atoms with Gasteiger partial charge < -0.3 is 10.1 Å². The minimum atomic E-state index is -1.21. The molecular formula is C13H16F2N2O4. The lowest BCUT2D eigenvalue weighted by atomic mass is 10.2. The molecule has 0 aliphatic heterocycles. The van der Waals surface area contributed by atoms with E-state index in [0.29, 0.717) is 38.3 Å². The third-order valence-electron chi connectivity index (χ3n) is 2.81. The molecule has 0 spiro atoms. The van der Waals surface area contributed by atoms with Gasteiger partial charge in [0.15, 0.2) is 0 Å². The maximum Gasteiger partial charge on any atom is 0.327 e. The Bertz CT molecular complexity index is 523. The smallest absolute Gasteiger partial charge is 0.327 e. The van der Waals surface area contributed by atoms with Crippen molar-refractivity contribution in [3.05, 3.63) is 33.9 Å². The largest absolute Gasteiger partial charge is 0.469 e. The van der Waals surface area contributed by atoms with Gasteiger partial charge in [-0.3, -0.25) is 14.9 Å². The van der Waals surface area contributed by atoms with E-state index in [0.717, 1.165) is 6.07 Å². The van der Waals surface area contributed by atoms with E-state index in [4.69, 9.17) is 0 Å². The average Bonchev–Trinajstić information content (AvgIpc) is 2.40. The summed E-state index contributed by atoms with van der Waals surface area (Å²) in [6.07, 6.45) is 2.21. The molecule has 0 bridgehead atoms. The summed E-state index contributed by atoms with van der Waals surface area (Å²) in [4.78, 5) is 20.7. The first-order chi connectivity index (χ1) is 9.95. The number of nitrogens with one attached hydrogen (secondary N) is 1. The number of unbranched alkanes of at least 4 members (excludes halogenated alkanes) is 2. The van der Waals surface area contributed by atoms with E-state index in [1.165, 1.54) is 7.11 Å². The summed E-state index contributed by atoms with van der Waals surface area (Å²) in [5.41, 5.74) is -0.962. The fourth-order valence-electron chi connectivity index (χ4n) is 1.78. The predicted octanol–water partition coefficient (Wildman–Crippen LogP) is 3.02. The number of nitro benzene ring substituents is 1. The number of hydrogen-bond acceptors (Lipinski definition) is 5. The fourth-order valence-corrected chi connectivity index (χ4v) is 1.78. The van der Waals surface area contributed by atoms with Crippen LogP contribution in [0.2, 0.25) is 0 Å². The van der Waals surface area contributed by atoms with Crippen molar-refractivity contribution in [2.24, 2.45) is 0 Å². The Kier molecular flexibility index (Phi) is 6.51. The maximum absolute atomic E-state index is 13.3. The van der Waals surface area contributed by atoms with Crippen LogP contribution in [0.25, 0.3) is 0 Å². The summed E-state index contributed by atoms with van der Waals surface area (Å²) in [5.74, 6) is -2.40. The molecule has 0 amide bonds. The molecule has 6 nitrogen and oxygen atoms in total. The van der Waals surface area contributed by atoms with Crippen LogP contribution in [-0.4, -0.2) is 24.5 Å². The second kappa shape index (κ2) is 8.13. The summed E-state index contributed by atoms with van der Waals surface area (Å²) in [6.45, 7) is 0.310. The molecule has 0 fully saturated rings. The lowest BCUT2D eigenvalue weighted by Crippen LogP contribution is -2.07. The van der Waals surface area contributed by atoms with Crippen LogP contribution in [0, 0.1) is 21.7 Å². The molecule has 0 aliphatic carbocycles. The predicted molar refractivity (Wildman–Crippen MR) is 72.0 cm³/mol. The molecule has 1 N–H and O–H groups in total. The van der Waals surface area contributed by atoms with Crippen molar-refractivity contribution in [1.82, 2.24) is 0 Å². The second-order valence-electron chi connectivity index (χ2n) is 4.35. The molecule has 21 heavy (non-hydrogen) atoms. The normalized spacial score (nSPS) is 10.2. The number of anilines is 1. The zero-order valence-electron chi connectivity index (χ0n) is 11.5. The van der Waals surface area contributed by atoms with E-state index in [2.05, 4.69) is 10.1 Å². The van der Waals surface area contributed by atoms with Crippen LogP contribution in [-0.2, 0) is 9.53 Å². The highest BCUT2D eigenvalue weighted by Gasteiger charge is 2.21. The van der Waals surface area contributed by atoms with E-state index < -0.39 is 22.2 Å². The van der Waals surface area contributed by atoms with Crippen LogP contribution in [0.15, 0.2) is 12.1 Å². The lowest BCUT2D eigenvalue weighted by Gasteiger charge is -2.07.